The van der Waals surface area contributed by atoms with Crippen molar-refractivity contribution in [3.63, 3.8) is 0 Å². The molecule has 23 heavy (non-hydrogen) atoms. The summed E-state index contributed by atoms with van der Waals surface area (Å²) in [7, 11) is -3.53. The molecule has 1 saturated heterocycles. The number of alkyl halides is 3. The van der Waals surface area contributed by atoms with E-state index in [2.05, 4.69) is 0 Å². The second-order valence-electron chi connectivity index (χ2n) is 4.59. The maximum Gasteiger partial charge on any atom is 0.456 e. The molecule has 14 heteroatoms. The Hall–Kier alpha value is -0.280. The van der Waals surface area contributed by atoms with E-state index in [0.717, 1.165) is 0 Å². The van der Waals surface area contributed by atoms with Gasteiger partial charge in [-0.2, -0.15) is 17.5 Å². The molecule has 0 aliphatic carbocycles. The normalized spacial score (nSPS) is 18.2. The summed E-state index contributed by atoms with van der Waals surface area (Å²) in [5, 5.41) is 10.3. The molecule has 136 valence electrons. The van der Waals surface area contributed by atoms with Crippen LogP contribution < -0.4 is 4.13 Å². The molecule has 8 nitrogen and oxygen atoms in total. The molecule has 0 atom stereocenters. The van der Waals surface area contributed by atoms with E-state index in [1.807, 2.05) is 9.03 Å². The highest BCUT2D eigenvalue weighted by atomic mass is 32.2. The van der Waals surface area contributed by atoms with Crippen molar-refractivity contribution in [3.8, 4) is 0 Å². The summed E-state index contributed by atoms with van der Waals surface area (Å²) in [5.41, 5.74) is -4.41. The highest BCUT2D eigenvalue weighted by Crippen LogP contribution is 2.28. The molecule has 1 aliphatic rings. The van der Waals surface area contributed by atoms with Crippen LogP contribution in [0.4, 0.5) is 13.2 Å². The lowest BCUT2D eigenvalue weighted by Crippen LogP contribution is -2.50. The van der Waals surface area contributed by atoms with Gasteiger partial charge in [-0.05, 0) is 0 Å². The zero-order chi connectivity index (χ0) is 17.5. The smallest absolute Gasteiger partial charge is 0.294 e. The Morgan fingerprint density at radius 3 is 2.35 bits per heavy atom. The molecule has 0 aromatic heterocycles. The maximum absolute atomic E-state index is 12.0. The Morgan fingerprint density at radius 1 is 1.22 bits per heavy atom. The number of nitro groups is 1. The minimum absolute atomic E-state index is 0.00699. The molecule has 0 aromatic rings. The molecule has 0 amide bonds. The standard InChI is InChI=1S/C9H17F3N4O4S3/c10-9(11,12)22-13-21-7-8-23(19,20)15-4-1-14(2-5-15)3-6-16(17)18/h13H,1-8H2. The van der Waals surface area contributed by atoms with Crippen molar-refractivity contribution in [2.24, 2.45) is 0 Å². The van der Waals surface area contributed by atoms with Crippen LogP contribution in [0.5, 0.6) is 0 Å². The first-order chi connectivity index (χ1) is 10.6. The monoisotopic (exact) mass is 398 g/mol. The number of hydrogen-bond donors (Lipinski definition) is 1. The van der Waals surface area contributed by atoms with Gasteiger partial charge in [-0.3, -0.25) is 15.0 Å². The van der Waals surface area contributed by atoms with Crippen molar-refractivity contribution in [2.45, 2.75) is 5.51 Å². The zero-order valence-corrected chi connectivity index (χ0v) is 14.4. The lowest BCUT2D eigenvalue weighted by molar-refractivity contribution is -0.480. The van der Waals surface area contributed by atoms with Gasteiger partial charge in [0.25, 0.3) is 0 Å². The molecule has 1 rings (SSSR count). The maximum atomic E-state index is 12.0. The first kappa shape index (κ1) is 20.8. The van der Waals surface area contributed by atoms with E-state index < -0.39 is 32.4 Å². The minimum atomic E-state index is -4.41. The van der Waals surface area contributed by atoms with Gasteiger partial charge in [-0.25, -0.2) is 12.5 Å². The van der Waals surface area contributed by atoms with Gasteiger partial charge in [0.2, 0.25) is 16.6 Å². The van der Waals surface area contributed by atoms with Gasteiger partial charge in [0.05, 0.1) is 12.3 Å². The number of nitrogens with one attached hydrogen (secondary N) is 1. The van der Waals surface area contributed by atoms with Gasteiger partial charge < -0.3 is 0 Å². The van der Waals surface area contributed by atoms with Crippen LogP contribution in [0.15, 0.2) is 0 Å². The number of sulfonamides is 1. The second-order valence-corrected chi connectivity index (χ2v) is 8.71. The fourth-order valence-electron chi connectivity index (χ4n) is 1.85. The molecule has 1 fully saturated rings. The summed E-state index contributed by atoms with van der Waals surface area (Å²) in [6, 6.07) is 0. The first-order valence-corrected chi connectivity index (χ1v) is 9.95. The Kier molecular flexibility index (Phi) is 8.37. The highest BCUT2D eigenvalue weighted by molar-refractivity contribution is 8.13. The SMILES string of the molecule is O=[N+]([O-])CCN1CCN(S(=O)(=O)CCSNSC(F)(F)F)CC1. The van der Waals surface area contributed by atoms with E-state index in [-0.39, 0.29) is 37.7 Å². The molecule has 0 saturated carbocycles. The average molecular weight is 398 g/mol. The third kappa shape index (κ3) is 8.95. The quantitative estimate of drug-likeness (QED) is 0.261. The Balaban J connectivity index is 2.26. The van der Waals surface area contributed by atoms with Crippen molar-refractivity contribution in [1.29, 1.82) is 0 Å². The van der Waals surface area contributed by atoms with E-state index in [1.54, 1.807) is 0 Å². The van der Waals surface area contributed by atoms with Gasteiger partial charge >= 0.3 is 5.51 Å². The van der Waals surface area contributed by atoms with Crippen LogP contribution in [-0.4, -0.2) is 78.8 Å². The van der Waals surface area contributed by atoms with E-state index in [4.69, 9.17) is 0 Å². The van der Waals surface area contributed by atoms with E-state index >= 15 is 0 Å². The molecular formula is C9H17F3N4O4S3. The summed E-state index contributed by atoms with van der Waals surface area (Å²) in [5.74, 6) is -0.273. The minimum Gasteiger partial charge on any atom is -0.294 e. The fraction of sp³-hybridized carbons (Fsp3) is 1.00. The molecule has 1 heterocycles. The van der Waals surface area contributed by atoms with Crippen LogP contribution in [-0.2, 0) is 10.0 Å². The fourth-order valence-corrected chi connectivity index (χ4v) is 4.95. The molecule has 0 bridgehead atoms. The molecule has 0 unspecified atom stereocenters. The van der Waals surface area contributed by atoms with Gasteiger partial charge in [0.1, 0.15) is 0 Å². The third-order valence-corrected chi connectivity index (χ3v) is 6.56. The number of hydrogen-bond acceptors (Lipinski definition) is 8. The highest BCUT2D eigenvalue weighted by Gasteiger charge is 2.29. The third-order valence-electron chi connectivity index (χ3n) is 2.98. The molecular weight excluding hydrogens is 381 g/mol. The summed E-state index contributed by atoms with van der Waals surface area (Å²) < 4.78 is 63.0. The van der Waals surface area contributed by atoms with Crippen LogP contribution >= 0.6 is 23.9 Å². The average Bonchev–Trinajstić information content (AvgIpc) is 2.44. The predicted octanol–water partition coefficient (Wildman–Crippen LogP) is 0.616. The van der Waals surface area contributed by atoms with Crippen molar-refractivity contribution < 1.29 is 26.5 Å². The van der Waals surface area contributed by atoms with Gasteiger partial charge in [-0.15, -0.1) is 0 Å². The summed E-state index contributed by atoms with van der Waals surface area (Å²) in [6.07, 6.45) is 0. The van der Waals surface area contributed by atoms with Crippen LogP contribution in [0.3, 0.4) is 0 Å². The van der Waals surface area contributed by atoms with Crippen LogP contribution in [0, 0.1) is 10.1 Å². The van der Waals surface area contributed by atoms with Crippen LogP contribution in [0.2, 0.25) is 0 Å². The number of nitrogens with zero attached hydrogens (tertiary/aromatic N) is 3. The molecule has 0 aromatic carbocycles. The van der Waals surface area contributed by atoms with Crippen molar-refractivity contribution in [1.82, 2.24) is 13.3 Å². The molecule has 1 aliphatic heterocycles. The van der Waals surface area contributed by atoms with Gasteiger partial charge in [-0.1, -0.05) is 11.9 Å². The lowest BCUT2D eigenvalue weighted by Gasteiger charge is -2.33. The summed E-state index contributed by atoms with van der Waals surface area (Å²) in [4.78, 5) is 11.7. The molecule has 0 radical (unpaired) electrons. The van der Waals surface area contributed by atoms with E-state index in [1.165, 1.54) is 4.31 Å². The Morgan fingerprint density at radius 2 is 1.83 bits per heavy atom. The molecule has 1 N–H and O–H groups in total. The Labute approximate surface area is 140 Å². The predicted molar refractivity (Wildman–Crippen MR) is 82.9 cm³/mol. The van der Waals surface area contributed by atoms with Crippen LogP contribution in [0.25, 0.3) is 0 Å². The summed E-state index contributed by atoms with van der Waals surface area (Å²) in [6.45, 7) is 1.36. The first-order valence-electron chi connectivity index (χ1n) is 6.54. The topological polar surface area (TPSA) is 95.8 Å². The van der Waals surface area contributed by atoms with E-state index in [9.17, 15) is 31.7 Å². The van der Waals surface area contributed by atoms with E-state index in [0.29, 0.717) is 25.0 Å². The van der Waals surface area contributed by atoms with Gasteiger partial charge in [0.15, 0.2) is 0 Å². The Bertz CT molecular complexity index is 483. The van der Waals surface area contributed by atoms with Crippen LogP contribution in [0.1, 0.15) is 0 Å². The molecule has 0 spiro atoms. The van der Waals surface area contributed by atoms with Crippen molar-refractivity contribution >= 4 is 33.9 Å². The largest absolute Gasteiger partial charge is 0.456 e. The summed E-state index contributed by atoms with van der Waals surface area (Å²) >= 11 is 0.255. The van der Waals surface area contributed by atoms with Crippen molar-refractivity contribution in [3.05, 3.63) is 10.1 Å². The number of rotatable bonds is 9. The second kappa shape index (κ2) is 9.27. The number of piperazine rings is 1. The number of halogens is 3. The lowest BCUT2D eigenvalue weighted by atomic mass is 10.3. The van der Waals surface area contributed by atoms with Gasteiger partial charge in [0, 0.05) is 48.8 Å². The zero-order valence-electron chi connectivity index (χ0n) is 12.0. The van der Waals surface area contributed by atoms with Crippen molar-refractivity contribution in [2.75, 3.05) is 50.8 Å².